The quantitative estimate of drug-likeness (QED) is 0.607. The molecular weight excluding hydrogens is 396 g/mol. The van der Waals surface area contributed by atoms with E-state index in [0.717, 1.165) is 16.7 Å². The highest BCUT2D eigenvalue weighted by Gasteiger charge is 2.25. The summed E-state index contributed by atoms with van der Waals surface area (Å²) in [6.45, 7) is 4.35. The van der Waals surface area contributed by atoms with Gasteiger partial charge in [0.25, 0.3) is 11.5 Å². The Balaban J connectivity index is 2.16. The van der Waals surface area contributed by atoms with Crippen LogP contribution in [0.3, 0.4) is 0 Å². The highest BCUT2D eigenvalue weighted by Crippen LogP contribution is 2.23. The third-order valence-corrected chi connectivity index (χ3v) is 5.19. The minimum atomic E-state index is -0.718. The molecule has 2 aromatic carbocycles. The maximum atomic E-state index is 13.5. The predicted octanol–water partition coefficient (Wildman–Crippen LogP) is 2.23. The molecule has 162 valence electrons. The van der Waals surface area contributed by atoms with Gasteiger partial charge in [0.05, 0.1) is 19.7 Å². The third kappa shape index (κ3) is 4.75. The van der Waals surface area contributed by atoms with E-state index >= 15 is 0 Å². The van der Waals surface area contributed by atoms with Crippen LogP contribution in [-0.4, -0.2) is 29.2 Å². The summed E-state index contributed by atoms with van der Waals surface area (Å²) in [6.07, 6.45) is 0. The van der Waals surface area contributed by atoms with E-state index in [0.29, 0.717) is 5.56 Å². The molecule has 31 heavy (non-hydrogen) atoms. The molecule has 0 fully saturated rings. The number of aromatic amines is 1. The van der Waals surface area contributed by atoms with Crippen molar-refractivity contribution in [3.8, 4) is 0 Å². The van der Waals surface area contributed by atoms with Gasteiger partial charge in [0.15, 0.2) is 5.69 Å². The number of nitrogen functional groups attached to an aromatic ring is 1. The fourth-order valence-electron chi connectivity index (χ4n) is 3.29. The molecule has 0 radical (unpaired) electrons. The third-order valence-electron chi connectivity index (χ3n) is 5.19. The molecule has 0 saturated carbocycles. The summed E-state index contributed by atoms with van der Waals surface area (Å²) in [5, 5.41) is 0. The molecule has 3 rings (SSSR count). The van der Waals surface area contributed by atoms with Crippen LogP contribution in [0.25, 0.3) is 0 Å². The van der Waals surface area contributed by atoms with Gasteiger partial charge in [-0.1, -0.05) is 36.4 Å². The maximum absolute atomic E-state index is 13.5. The molecule has 8 heteroatoms. The van der Waals surface area contributed by atoms with Crippen molar-refractivity contribution in [3.63, 3.8) is 0 Å². The molecule has 3 aromatic rings. The van der Waals surface area contributed by atoms with E-state index in [4.69, 9.17) is 10.5 Å². The Morgan fingerprint density at radius 2 is 1.81 bits per heavy atom. The SMILES string of the molecule is COCCn1c(N)c(N(Cc2ccccc2)C(=O)c2ccc(C)c(C)c2)c(=O)[nH]c1=O. The molecule has 1 aromatic heterocycles. The van der Waals surface area contributed by atoms with E-state index < -0.39 is 11.2 Å². The van der Waals surface area contributed by atoms with Crippen LogP contribution >= 0.6 is 0 Å². The van der Waals surface area contributed by atoms with Gasteiger partial charge in [-0.2, -0.15) is 0 Å². The minimum Gasteiger partial charge on any atom is -0.383 e. The number of rotatable bonds is 7. The average molecular weight is 422 g/mol. The molecule has 0 atom stereocenters. The number of amides is 1. The number of nitrogens with one attached hydrogen (secondary N) is 1. The van der Waals surface area contributed by atoms with Gasteiger partial charge in [0.2, 0.25) is 0 Å². The smallest absolute Gasteiger partial charge is 0.330 e. The number of H-pyrrole nitrogens is 1. The fourth-order valence-corrected chi connectivity index (χ4v) is 3.29. The monoisotopic (exact) mass is 422 g/mol. The zero-order valence-electron chi connectivity index (χ0n) is 17.8. The lowest BCUT2D eigenvalue weighted by atomic mass is 10.0. The Hall–Kier alpha value is -3.65. The second kappa shape index (κ2) is 9.44. The first-order valence-corrected chi connectivity index (χ1v) is 9.88. The second-order valence-electron chi connectivity index (χ2n) is 7.31. The molecule has 0 aliphatic heterocycles. The van der Waals surface area contributed by atoms with Crippen molar-refractivity contribution in [3.05, 3.63) is 91.6 Å². The van der Waals surface area contributed by atoms with E-state index in [1.807, 2.05) is 50.2 Å². The number of methoxy groups -OCH3 is 1. The zero-order chi connectivity index (χ0) is 22.5. The summed E-state index contributed by atoms with van der Waals surface area (Å²) in [6, 6.07) is 14.6. The molecular formula is C23H26N4O4. The van der Waals surface area contributed by atoms with Crippen molar-refractivity contribution >= 4 is 17.4 Å². The number of nitrogens with zero attached hydrogens (tertiary/aromatic N) is 2. The minimum absolute atomic E-state index is 0.0669. The van der Waals surface area contributed by atoms with Gasteiger partial charge in [-0.25, -0.2) is 4.79 Å². The number of hydrogen-bond acceptors (Lipinski definition) is 5. The summed E-state index contributed by atoms with van der Waals surface area (Å²) >= 11 is 0. The molecule has 1 heterocycles. The molecule has 0 aliphatic rings. The summed E-state index contributed by atoms with van der Waals surface area (Å²) in [5.41, 5.74) is 8.05. The second-order valence-corrected chi connectivity index (χ2v) is 7.31. The van der Waals surface area contributed by atoms with Gasteiger partial charge in [-0.15, -0.1) is 0 Å². The van der Waals surface area contributed by atoms with Crippen molar-refractivity contribution in [1.29, 1.82) is 0 Å². The molecule has 0 spiro atoms. The van der Waals surface area contributed by atoms with Crippen molar-refractivity contribution < 1.29 is 9.53 Å². The number of benzene rings is 2. The van der Waals surface area contributed by atoms with Gasteiger partial charge < -0.3 is 10.5 Å². The first kappa shape index (κ1) is 22.0. The van der Waals surface area contributed by atoms with Crippen LogP contribution in [0, 0.1) is 13.8 Å². The first-order valence-electron chi connectivity index (χ1n) is 9.88. The Morgan fingerprint density at radius 1 is 1.10 bits per heavy atom. The topological polar surface area (TPSA) is 110 Å². The fraction of sp³-hybridized carbons (Fsp3) is 0.261. The lowest BCUT2D eigenvalue weighted by Crippen LogP contribution is -2.41. The van der Waals surface area contributed by atoms with E-state index in [-0.39, 0.29) is 37.1 Å². The molecule has 0 saturated heterocycles. The number of carbonyl (C=O) groups is 1. The lowest BCUT2D eigenvalue weighted by molar-refractivity contribution is 0.0984. The Morgan fingerprint density at radius 3 is 2.45 bits per heavy atom. The van der Waals surface area contributed by atoms with E-state index in [1.165, 1.54) is 16.6 Å². The number of aromatic nitrogens is 2. The molecule has 8 nitrogen and oxygen atoms in total. The zero-order valence-corrected chi connectivity index (χ0v) is 17.8. The Labute approximate surface area is 179 Å². The molecule has 3 N–H and O–H groups in total. The highest BCUT2D eigenvalue weighted by molar-refractivity contribution is 6.07. The van der Waals surface area contributed by atoms with Crippen LogP contribution in [0.2, 0.25) is 0 Å². The van der Waals surface area contributed by atoms with Crippen molar-refractivity contribution in [2.75, 3.05) is 24.4 Å². The standard InChI is InChI=1S/C23H26N4O4/c1-15-9-10-18(13-16(15)2)22(29)27(14-17-7-5-4-6-8-17)19-20(24)26(11-12-31-3)23(30)25-21(19)28/h4-10,13H,11-12,14,24H2,1-3H3,(H,25,28,30). The molecule has 0 unspecified atom stereocenters. The number of anilines is 2. The summed E-state index contributed by atoms with van der Waals surface area (Å²) < 4.78 is 6.24. The van der Waals surface area contributed by atoms with Crippen LogP contribution in [0.4, 0.5) is 11.5 Å². The van der Waals surface area contributed by atoms with Crippen molar-refractivity contribution in [2.24, 2.45) is 0 Å². The van der Waals surface area contributed by atoms with Crippen molar-refractivity contribution in [1.82, 2.24) is 9.55 Å². The average Bonchev–Trinajstić information content (AvgIpc) is 2.75. The molecule has 0 bridgehead atoms. The van der Waals surface area contributed by atoms with E-state index in [2.05, 4.69) is 4.98 Å². The number of hydrogen-bond donors (Lipinski definition) is 2. The summed E-state index contributed by atoms with van der Waals surface area (Å²) in [7, 11) is 1.50. The van der Waals surface area contributed by atoms with Crippen LogP contribution < -0.4 is 21.9 Å². The lowest BCUT2D eigenvalue weighted by Gasteiger charge is -2.25. The van der Waals surface area contributed by atoms with Crippen LogP contribution in [0.5, 0.6) is 0 Å². The van der Waals surface area contributed by atoms with E-state index in [1.54, 1.807) is 12.1 Å². The largest absolute Gasteiger partial charge is 0.383 e. The number of nitrogens with two attached hydrogens (primary N) is 1. The molecule has 1 amide bonds. The predicted molar refractivity (Wildman–Crippen MR) is 120 cm³/mol. The van der Waals surface area contributed by atoms with Crippen LogP contribution in [0.15, 0.2) is 58.1 Å². The van der Waals surface area contributed by atoms with Crippen molar-refractivity contribution in [2.45, 2.75) is 26.9 Å². The van der Waals surface area contributed by atoms with Gasteiger partial charge in [0.1, 0.15) is 5.82 Å². The molecule has 0 aliphatic carbocycles. The number of ether oxygens (including phenoxy) is 1. The Kier molecular flexibility index (Phi) is 6.71. The normalized spacial score (nSPS) is 10.8. The Bertz CT molecular complexity index is 1200. The van der Waals surface area contributed by atoms with Gasteiger partial charge in [-0.3, -0.25) is 24.0 Å². The summed E-state index contributed by atoms with van der Waals surface area (Å²) in [5.74, 6) is -0.472. The van der Waals surface area contributed by atoms with Crippen LogP contribution in [-0.2, 0) is 17.8 Å². The number of carbonyl (C=O) groups excluding carboxylic acids is 1. The summed E-state index contributed by atoms with van der Waals surface area (Å²) in [4.78, 5) is 42.2. The maximum Gasteiger partial charge on any atom is 0.330 e. The van der Waals surface area contributed by atoms with Gasteiger partial charge >= 0.3 is 5.69 Å². The van der Waals surface area contributed by atoms with Gasteiger partial charge in [0, 0.05) is 12.7 Å². The first-order chi connectivity index (χ1) is 14.8. The number of aryl methyl sites for hydroxylation is 2. The van der Waals surface area contributed by atoms with Crippen LogP contribution in [0.1, 0.15) is 27.0 Å². The highest BCUT2D eigenvalue weighted by atomic mass is 16.5. The van der Waals surface area contributed by atoms with Gasteiger partial charge in [-0.05, 0) is 42.7 Å². The van der Waals surface area contributed by atoms with E-state index in [9.17, 15) is 14.4 Å².